The Morgan fingerprint density at radius 2 is 1.58 bits per heavy atom. The van der Waals surface area contributed by atoms with Crippen LogP contribution in [0.4, 0.5) is 0 Å². The van der Waals surface area contributed by atoms with Gasteiger partial charge in [0.25, 0.3) is 0 Å². The molecule has 0 bridgehead atoms. The summed E-state index contributed by atoms with van der Waals surface area (Å²) in [6.45, 7) is 2.08. The van der Waals surface area contributed by atoms with Crippen LogP contribution in [0, 0.1) is 0 Å². The predicted molar refractivity (Wildman–Crippen MR) is 69.4 cm³/mol. The molecule has 0 unspecified atom stereocenters. The quantitative estimate of drug-likeness (QED) is 0.327. The van der Waals surface area contributed by atoms with E-state index in [-0.39, 0.29) is 48.3 Å². The first-order chi connectivity index (χ1) is 8.48. The molecule has 0 spiro atoms. The molecule has 0 aromatic carbocycles. The zero-order valence-corrected chi connectivity index (χ0v) is 14.9. The van der Waals surface area contributed by atoms with Gasteiger partial charge in [0.15, 0.2) is 0 Å². The molecule has 1 N–H and O–H groups in total. The van der Waals surface area contributed by atoms with Gasteiger partial charge in [-0.1, -0.05) is 45.4 Å². The summed E-state index contributed by atoms with van der Waals surface area (Å²) < 4.78 is 25.1. The zero-order chi connectivity index (χ0) is 13.9. The first-order valence-corrected chi connectivity index (χ1v) is 8.30. The molecular weight excluding hydrogens is 277 g/mol. The summed E-state index contributed by atoms with van der Waals surface area (Å²) >= 11 is 0. The van der Waals surface area contributed by atoms with Gasteiger partial charge in [-0.2, -0.15) is 0 Å². The van der Waals surface area contributed by atoms with Crippen molar-refractivity contribution in [3.63, 3.8) is 0 Å². The minimum absolute atomic E-state index is 0. The third-order valence-corrected chi connectivity index (χ3v) is 4.14. The molecule has 0 aliphatic heterocycles. The van der Waals surface area contributed by atoms with Crippen LogP contribution < -0.4 is 39.4 Å². The molecule has 0 rings (SSSR count). The number of aliphatic carboxylic acids is 1. The van der Waals surface area contributed by atoms with E-state index < -0.39 is 16.0 Å². The van der Waals surface area contributed by atoms with Gasteiger partial charge in [0.2, 0.25) is 10.0 Å². The fraction of sp³-hybridized carbons (Fsp3) is 0.917. The maximum atomic E-state index is 11.4. The molecule has 0 saturated carbocycles. The molecule has 0 saturated heterocycles. The molecule has 7 heteroatoms. The second-order valence-corrected chi connectivity index (χ2v) is 6.38. The molecule has 5 nitrogen and oxygen atoms in total. The third kappa shape index (κ3) is 16.3. The van der Waals surface area contributed by atoms with Crippen LogP contribution in [0.5, 0.6) is 0 Å². The molecule has 0 atom stereocenters. The normalized spacial score (nSPS) is 11.0. The number of rotatable bonds is 12. The number of hydrogen-bond acceptors (Lipinski definition) is 4. The number of sulfonamides is 1. The molecule has 108 valence electrons. The van der Waals surface area contributed by atoms with Crippen LogP contribution >= 0.6 is 0 Å². The van der Waals surface area contributed by atoms with Crippen LogP contribution in [-0.2, 0) is 14.8 Å². The molecule has 0 aromatic heterocycles. The minimum Gasteiger partial charge on any atom is -0.550 e. The maximum absolute atomic E-state index is 11.4. The Kier molecular flexibility index (Phi) is 15.2. The monoisotopic (exact) mass is 301 g/mol. The van der Waals surface area contributed by atoms with Crippen molar-refractivity contribution < 1.29 is 47.9 Å². The standard InChI is InChI=1S/C12H25NO4S.Na/c1-2-3-4-5-6-7-8-11-18(16,17)13-10-9-12(14)15;/h13H,2-11H2,1H3,(H,14,15);/q;+1/p-1. The van der Waals surface area contributed by atoms with Crippen molar-refractivity contribution in [3.05, 3.63) is 0 Å². The van der Waals surface area contributed by atoms with Gasteiger partial charge in [0, 0.05) is 18.9 Å². The summed E-state index contributed by atoms with van der Waals surface area (Å²) in [6, 6.07) is 0. The van der Waals surface area contributed by atoms with E-state index in [0.717, 1.165) is 19.3 Å². The number of unbranched alkanes of at least 4 members (excludes halogenated alkanes) is 6. The second kappa shape index (κ2) is 13.4. The Morgan fingerprint density at radius 1 is 1.05 bits per heavy atom. The number of nitrogens with one attached hydrogen (secondary N) is 1. The zero-order valence-electron chi connectivity index (χ0n) is 12.1. The van der Waals surface area contributed by atoms with Crippen LogP contribution in [0.1, 0.15) is 58.3 Å². The number of carboxylic acids is 1. The Bertz CT molecular complexity index is 320. The summed E-state index contributed by atoms with van der Waals surface area (Å²) in [5.41, 5.74) is 0. The van der Waals surface area contributed by atoms with Gasteiger partial charge in [-0.3, -0.25) is 0 Å². The largest absolute Gasteiger partial charge is 1.00 e. The van der Waals surface area contributed by atoms with Crippen molar-refractivity contribution in [2.24, 2.45) is 0 Å². The average molecular weight is 301 g/mol. The van der Waals surface area contributed by atoms with E-state index >= 15 is 0 Å². The smallest absolute Gasteiger partial charge is 0.550 e. The van der Waals surface area contributed by atoms with E-state index in [0.29, 0.717) is 6.42 Å². The third-order valence-electron chi connectivity index (χ3n) is 2.67. The van der Waals surface area contributed by atoms with E-state index in [1.807, 2.05) is 0 Å². The number of carboxylic acid groups (broad SMARTS) is 1. The number of carbonyl (C=O) groups excluding carboxylic acids is 1. The van der Waals surface area contributed by atoms with Crippen molar-refractivity contribution in [1.82, 2.24) is 4.72 Å². The summed E-state index contributed by atoms with van der Waals surface area (Å²) in [7, 11) is -3.32. The maximum Gasteiger partial charge on any atom is 1.00 e. The van der Waals surface area contributed by atoms with Gasteiger partial charge in [-0.05, 0) is 6.42 Å². The Balaban J connectivity index is 0. The topological polar surface area (TPSA) is 86.3 Å². The van der Waals surface area contributed by atoms with Crippen LogP contribution in [0.15, 0.2) is 0 Å². The van der Waals surface area contributed by atoms with E-state index in [9.17, 15) is 18.3 Å². The first-order valence-electron chi connectivity index (χ1n) is 6.65. The molecule has 0 aliphatic rings. The fourth-order valence-corrected chi connectivity index (χ4v) is 2.77. The van der Waals surface area contributed by atoms with E-state index in [4.69, 9.17) is 0 Å². The van der Waals surface area contributed by atoms with Crippen LogP contribution in [-0.4, -0.2) is 26.7 Å². The summed E-state index contributed by atoms with van der Waals surface area (Å²) in [5, 5.41) is 10.1. The van der Waals surface area contributed by atoms with Crippen molar-refractivity contribution >= 4 is 16.0 Å². The van der Waals surface area contributed by atoms with Crippen molar-refractivity contribution in [1.29, 1.82) is 0 Å². The SMILES string of the molecule is CCCCCCCCCS(=O)(=O)NCCC(=O)[O-].[Na+]. The Hall–Kier alpha value is 0.380. The van der Waals surface area contributed by atoms with Crippen LogP contribution in [0.2, 0.25) is 0 Å². The molecule has 0 heterocycles. The van der Waals surface area contributed by atoms with Crippen molar-refractivity contribution in [2.75, 3.05) is 12.3 Å². The van der Waals surface area contributed by atoms with E-state index in [2.05, 4.69) is 11.6 Å². The summed E-state index contributed by atoms with van der Waals surface area (Å²) in [4.78, 5) is 10.1. The van der Waals surface area contributed by atoms with Gasteiger partial charge in [-0.15, -0.1) is 0 Å². The van der Waals surface area contributed by atoms with E-state index in [1.54, 1.807) is 0 Å². The van der Waals surface area contributed by atoms with E-state index in [1.165, 1.54) is 19.3 Å². The molecule has 0 fully saturated rings. The summed E-state index contributed by atoms with van der Waals surface area (Å²) in [6.07, 6.45) is 7.14. The second-order valence-electron chi connectivity index (χ2n) is 4.46. The molecule has 19 heavy (non-hydrogen) atoms. The number of hydrogen-bond donors (Lipinski definition) is 1. The molecule has 0 radical (unpaired) electrons. The summed E-state index contributed by atoms with van der Waals surface area (Å²) in [5.74, 6) is -1.16. The van der Waals surface area contributed by atoms with Gasteiger partial charge in [-0.25, -0.2) is 13.1 Å². The molecular formula is C12H24NNaO4S. The van der Waals surface area contributed by atoms with Gasteiger partial charge < -0.3 is 9.90 Å². The van der Waals surface area contributed by atoms with Gasteiger partial charge >= 0.3 is 29.6 Å². The fourth-order valence-electron chi connectivity index (χ4n) is 1.63. The molecule has 0 amide bonds. The minimum atomic E-state index is -3.32. The molecule has 0 aromatic rings. The van der Waals surface area contributed by atoms with Crippen molar-refractivity contribution in [2.45, 2.75) is 58.3 Å². The average Bonchev–Trinajstić information content (AvgIpc) is 2.27. The molecule has 0 aliphatic carbocycles. The number of carbonyl (C=O) groups is 1. The van der Waals surface area contributed by atoms with Crippen LogP contribution in [0.3, 0.4) is 0 Å². The Morgan fingerprint density at radius 3 is 2.11 bits per heavy atom. The van der Waals surface area contributed by atoms with Gasteiger partial charge in [0.1, 0.15) is 0 Å². The predicted octanol–water partition coefficient (Wildman–Crippen LogP) is -2.20. The van der Waals surface area contributed by atoms with Crippen LogP contribution in [0.25, 0.3) is 0 Å². The first kappa shape index (κ1) is 21.7. The Labute approximate surface area is 138 Å². The van der Waals surface area contributed by atoms with Crippen molar-refractivity contribution in [3.8, 4) is 0 Å². The van der Waals surface area contributed by atoms with Gasteiger partial charge in [0.05, 0.1) is 5.75 Å².